The van der Waals surface area contributed by atoms with Crippen molar-refractivity contribution in [2.24, 2.45) is 5.92 Å². The maximum Gasteiger partial charge on any atom is 0.410 e. The highest BCUT2D eigenvalue weighted by atomic mass is 16.6. The molecule has 4 aliphatic rings. The van der Waals surface area contributed by atoms with Crippen LogP contribution in [0.2, 0.25) is 0 Å². The Bertz CT molecular complexity index is 1360. The number of carbonyl (C=O) groups excluding carboxylic acids is 2. The van der Waals surface area contributed by atoms with Gasteiger partial charge < -0.3 is 40.5 Å². The first-order valence-electron chi connectivity index (χ1n) is 14.2. The van der Waals surface area contributed by atoms with Crippen molar-refractivity contribution in [2.75, 3.05) is 39.0 Å². The van der Waals surface area contributed by atoms with Crippen LogP contribution in [0.15, 0.2) is 6.33 Å². The summed E-state index contributed by atoms with van der Waals surface area (Å²) in [6.45, 7) is 3.00. The highest BCUT2D eigenvalue weighted by Crippen LogP contribution is 2.33. The smallest absolute Gasteiger partial charge is 0.410 e. The number of amides is 2. The Morgan fingerprint density at radius 2 is 1.93 bits per heavy atom. The Labute approximate surface area is 237 Å². The number of carbonyl (C=O) groups is 2. The van der Waals surface area contributed by atoms with Crippen LogP contribution in [-0.4, -0.2) is 115 Å². The molecule has 3 aliphatic heterocycles. The van der Waals surface area contributed by atoms with E-state index in [-0.39, 0.29) is 35.5 Å². The molecule has 2 amide bonds. The Morgan fingerprint density at radius 3 is 2.63 bits per heavy atom. The molecule has 6 rings (SSSR count). The van der Waals surface area contributed by atoms with E-state index in [0.717, 1.165) is 45.2 Å². The molecule has 3 saturated heterocycles. The third-order valence-electron chi connectivity index (χ3n) is 8.22. The van der Waals surface area contributed by atoms with E-state index < -0.39 is 30.4 Å². The first-order chi connectivity index (χ1) is 19.8. The van der Waals surface area contributed by atoms with E-state index in [1.807, 2.05) is 7.05 Å². The van der Waals surface area contributed by atoms with Crippen LogP contribution in [0.5, 0.6) is 0 Å². The highest BCUT2D eigenvalue weighted by molar-refractivity contribution is 5.83. The number of likely N-dealkylation sites (N-methyl/N-ethyl adjacent to an activating group) is 1. The second-order valence-corrected chi connectivity index (χ2v) is 11.5. The number of nitrogens with two attached hydrogens (primary N) is 1. The van der Waals surface area contributed by atoms with Crippen LogP contribution in [0.4, 0.5) is 10.6 Å². The van der Waals surface area contributed by atoms with Gasteiger partial charge in [-0.1, -0.05) is 5.92 Å². The fourth-order valence-corrected chi connectivity index (χ4v) is 5.60. The Hall–Kier alpha value is -3.51. The monoisotopic (exact) mass is 568 g/mol. The SMILES string of the molecule is CN1CCC(OC(=O)N2CCC(CC#Cc3nc(N)c4ncn(C5OC(C(=O)NC6CC6)C(O)C5O)c4n3)CC2)C1. The van der Waals surface area contributed by atoms with Crippen LogP contribution in [0.3, 0.4) is 0 Å². The fourth-order valence-electron chi connectivity index (χ4n) is 5.60. The minimum absolute atomic E-state index is 0.0287. The molecule has 14 heteroatoms. The molecule has 1 saturated carbocycles. The van der Waals surface area contributed by atoms with Crippen LogP contribution in [0.1, 0.15) is 50.6 Å². The van der Waals surface area contributed by atoms with Crippen molar-refractivity contribution in [3.8, 4) is 11.8 Å². The summed E-state index contributed by atoms with van der Waals surface area (Å²) in [7, 11) is 2.03. The first-order valence-corrected chi connectivity index (χ1v) is 14.2. The number of nitrogens with zero attached hydrogens (tertiary/aromatic N) is 6. The van der Waals surface area contributed by atoms with Crippen LogP contribution in [-0.2, 0) is 14.3 Å². The summed E-state index contributed by atoms with van der Waals surface area (Å²) >= 11 is 0. The maximum absolute atomic E-state index is 12.5. The second-order valence-electron chi connectivity index (χ2n) is 11.5. The number of nitrogen functional groups attached to an aromatic ring is 1. The van der Waals surface area contributed by atoms with Crippen molar-refractivity contribution < 1.29 is 29.3 Å². The van der Waals surface area contributed by atoms with Gasteiger partial charge in [-0.2, -0.15) is 0 Å². The lowest BCUT2D eigenvalue weighted by molar-refractivity contribution is -0.137. The number of likely N-dealkylation sites (tertiary alicyclic amines) is 2. The van der Waals surface area contributed by atoms with Crippen molar-refractivity contribution in [2.45, 2.75) is 75.2 Å². The predicted molar refractivity (Wildman–Crippen MR) is 145 cm³/mol. The van der Waals surface area contributed by atoms with Crippen LogP contribution < -0.4 is 11.1 Å². The van der Waals surface area contributed by atoms with Gasteiger partial charge in [0.1, 0.15) is 23.8 Å². The number of piperidine rings is 1. The van der Waals surface area contributed by atoms with Gasteiger partial charge >= 0.3 is 6.09 Å². The molecule has 41 heavy (non-hydrogen) atoms. The van der Waals surface area contributed by atoms with E-state index in [4.69, 9.17) is 15.2 Å². The van der Waals surface area contributed by atoms with E-state index in [9.17, 15) is 19.8 Å². The van der Waals surface area contributed by atoms with Gasteiger partial charge in [0.25, 0.3) is 5.91 Å². The number of ether oxygens (including phenoxy) is 2. The normalized spacial score (nSPS) is 29.0. The Kier molecular flexibility index (Phi) is 7.69. The van der Waals surface area contributed by atoms with Gasteiger partial charge in [0.2, 0.25) is 5.82 Å². The quantitative estimate of drug-likeness (QED) is 0.345. The van der Waals surface area contributed by atoms with Gasteiger partial charge in [-0.25, -0.2) is 19.7 Å². The van der Waals surface area contributed by atoms with Crippen molar-refractivity contribution in [3.63, 3.8) is 0 Å². The number of aliphatic hydroxyl groups is 2. The molecule has 5 unspecified atom stereocenters. The lowest BCUT2D eigenvalue weighted by Gasteiger charge is -2.31. The maximum atomic E-state index is 12.5. The summed E-state index contributed by atoms with van der Waals surface area (Å²) in [5.41, 5.74) is 6.71. The summed E-state index contributed by atoms with van der Waals surface area (Å²) in [5.74, 6) is 6.29. The fraction of sp³-hybridized carbons (Fsp3) is 0.667. The molecule has 1 aliphatic carbocycles. The van der Waals surface area contributed by atoms with Gasteiger partial charge in [0.15, 0.2) is 23.8 Å². The van der Waals surface area contributed by atoms with Gasteiger partial charge in [-0.15, -0.1) is 0 Å². The number of anilines is 1. The molecular formula is C27H36N8O6. The number of hydrogen-bond acceptors (Lipinski definition) is 11. The molecule has 5 N–H and O–H groups in total. The van der Waals surface area contributed by atoms with Gasteiger partial charge in [0.05, 0.1) is 6.33 Å². The van der Waals surface area contributed by atoms with E-state index in [0.29, 0.717) is 30.9 Å². The molecule has 14 nitrogen and oxygen atoms in total. The van der Waals surface area contributed by atoms with E-state index in [2.05, 4.69) is 37.0 Å². The zero-order valence-electron chi connectivity index (χ0n) is 23.0. The molecule has 0 spiro atoms. The summed E-state index contributed by atoms with van der Waals surface area (Å²) in [5, 5.41) is 24.0. The lowest BCUT2D eigenvalue weighted by atomic mass is 9.94. The molecule has 0 radical (unpaired) electrons. The molecule has 220 valence electrons. The molecule has 5 heterocycles. The van der Waals surface area contributed by atoms with Gasteiger partial charge in [0, 0.05) is 38.6 Å². The average molecular weight is 569 g/mol. The van der Waals surface area contributed by atoms with Crippen LogP contribution in [0, 0.1) is 17.8 Å². The van der Waals surface area contributed by atoms with Crippen LogP contribution in [0.25, 0.3) is 11.2 Å². The number of rotatable bonds is 5. The molecule has 0 aromatic carbocycles. The van der Waals surface area contributed by atoms with Gasteiger partial charge in [-0.05, 0) is 51.0 Å². The minimum Gasteiger partial charge on any atom is -0.445 e. The molecule has 5 atom stereocenters. The number of fused-ring (bicyclic) bond motifs is 1. The van der Waals surface area contributed by atoms with Crippen LogP contribution >= 0.6 is 0 Å². The molecule has 2 aromatic rings. The average Bonchev–Trinajstić information content (AvgIpc) is 3.38. The summed E-state index contributed by atoms with van der Waals surface area (Å²) < 4.78 is 12.9. The largest absolute Gasteiger partial charge is 0.445 e. The molecule has 4 fully saturated rings. The number of nitrogens with one attached hydrogen (secondary N) is 1. The zero-order valence-corrected chi connectivity index (χ0v) is 23.0. The van der Waals surface area contributed by atoms with Crippen molar-refractivity contribution in [3.05, 3.63) is 12.2 Å². The van der Waals surface area contributed by atoms with Crippen molar-refractivity contribution in [1.82, 2.24) is 34.6 Å². The number of hydrogen-bond donors (Lipinski definition) is 4. The molecule has 0 bridgehead atoms. The van der Waals surface area contributed by atoms with E-state index in [1.54, 1.807) is 4.90 Å². The number of imidazole rings is 1. The second kappa shape index (κ2) is 11.4. The van der Waals surface area contributed by atoms with Crippen molar-refractivity contribution >= 4 is 29.0 Å². The zero-order chi connectivity index (χ0) is 28.7. The third kappa shape index (κ3) is 5.94. The third-order valence-corrected chi connectivity index (χ3v) is 8.22. The van der Waals surface area contributed by atoms with Gasteiger partial charge in [-0.3, -0.25) is 9.36 Å². The van der Waals surface area contributed by atoms with E-state index >= 15 is 0 Å². The first kappa shape index (κ1) is 27.6. The summed E-state index contributed by atoms with van der Waals surface area (Å²) in [6.07, 6.45) is 0.958. The predicted octanol–water partition coefficient (Wildman–Crippen LogP) is -0.399. The number of aliphatic hydroxyl groups excluding tert-OH is 2. The highest BCUT2D eigenvalue weighted by Gasteiger charge is 2.48. The topological polar surface area (TPSA) is 181 Å². The van der Waals surface area contributed by atoms with Crippen molar-refractivity contribution in [1.29, 1.82) is 0 Å². The number of aromatic nitrogens is 4. The van der Waals surface area contributed by atoms with E-state index in [1.165, 1.54) is 10.9 Å². The minimum atomic E-state index is -1.41. The standard InChI is InChI=1S/C27H36N8O6/c1-33-10-9-17(13-33)40-27(39)34-11-7-15(8-12-34)3-2-4-18-31-23(28)19-24(32-18)35(14-29-19)26-21(37)20(36)22(41-26)25(38)30-16-5-6-16/h14-17,20-22,26,36-37H,3,5-13H2,1H3,(H,30,38)(H2,28,31,32). The summed E-state index contributed by atoms with van der Waals surface area (Å²) in [6, 6.07) is 0.0883. The Morgan fingerprint density at radius 1 is 1.15 bits per heavy atom. The molecular weight excluding hydrogens is 532 g/mol. The summed E-state index contributed by atoms with van der Waals surface area (Å²) in [4.78, 5) is 41.9. The molecule has 2 aromatic heterocycles. The lowest BCUT2D eigenvalue weighted by Crippen LogP contribution is -2.43. The Balaban J connectivity index is 1.07.